The quantitative estimate of drug-likeness (QED) is 0.868. The number of hydrogen-bond acceptors (Lipinski definition) is 2. The Kier molecular flexibility index (Phi) is 3.85. The van der Waals surface area contributed by atoms with E-state index in [4.69, 9.17) is 5.73 Å². The van der Waals surface area contributed by atoms with Gasteiger partial charge in [0.2, 0.25) is 0 Å². The molecule has 1 unspecified atom stereocenters. The molecule has 0 fully saturated rings. The SMILES string of the molecule is CCC(C)(CN)N1CCCc2ccccc2C1. The first kappa shape index (κ1) is 12.6. The van der Waals surface area contributed by atoms with Gasteiger partial charge in [-0.25, -0.2) is 0 Å². The topological polar surface area (TPSA) is 29.3 Å². The van der Waals surface area contributed by atoms with Crippen molar-refractivity contribution >= 4 is 0 Å². The van der Waals surface area contributed by atoms with Crippen LogP contribution in [0.1, 0.15) is 37.8 Å². The van der Waals surface area contributed by atoms with Crippen LogP contribution in [0.4, 0.5) is 0 Å². The predicted octanol–water partition coefficient (Wildman–Crippen LogP) is 2.56. The van der Waals surface area contributed by atoms with Crippen LogP contribution in [0.25, 0.3) is 0 Å². The zero-order valence-electron chi connectivity index (χ0n) is 11.1. The van der Waals surface area contributed by atoms with Gasteiger partial charge >= 0.3 is 0 Å². The lowest BCUT2D eigenvalue weighted by Gasteiger charge is -2.39. The molecule has 0 saturated heterocycles. The minimum absolute atomic E-state index is 0.150. The molecule has 1 aromatic carbocycles. The molecule has 17 heavy (non-hydrogen) atoms. The van der Waals surface area contributed by atoms with Gasteiger partial charge in [-0.15, -0.1) is 0 Å². The van der Waals surface area contributed by atoms with Crippen LogP contribution < -0.4 is 5.73 Å². The maximum absolute atomic E-state index is 5.98. The van der Waals surface area contributed by atoms with Crippen LogP contribution in [0.5, 0.6) is 0 Å². The smallest absolute Gasteiger partial charge is 0.0304 e. The number of nitrogens with two attached hydrogens (primary N) is 1. The van der Waals surface area contributed by atoms with E-state index in [9.17, 15) is 0 Å². The van der Waals surface area contributed by atoms with Crippen molar-refractivity contribution in [3.8, 4) is 0 Å². The second-order valence-corrected chi connectivity index (χ2v) is 5.35. The molecule has 1 aliphatic rings. The lowest BCUT2D eigenvalue weighted by atomic mass is 9.95. The molecule has 94 valence electrons. The fourth-order valence-electron chi connectivity index (χ4n) is 2.66. The summed E-state index contributed by atoms with van der Waals surface area (Å²) in [5.74, 6) is 0. The zero-order chi connectivity index (χ0) is 12.3. The van der Waals surface area contributed by atoms with Crippen molar-refractivity contribution < 1.29 is 0 Å². The highest BCUT2D eigenvalue weighted by molar-refractivity contribution is 5.28. The molecule has 2 rings (SSSR count). The van der Waals surface area contributed by atoms with E-state index in [1.807, 2.05) is 0 Å². The molecule has 0 aliphatic carbocycles. The van der Waals surface area contributed by atoms with Crippen LogP contribution >= 0.6 is 0 Å². The van der Waals surface area contributed by atoms with E-state index in [1.54, 1.807) is 0 Å². The van der Waals surface area contributed by atoms with Gasteiger partial charge in [0.05, 0.1) is 0 Å². The molecular weight excluding hydrogens is 208 g/mol. The third-order valence-corrected chi connectivity index (χ3v) is 4.32. The van der Waals surface area contributed by atoms with Crippen LogP contribution in [0, 0.1) is 0 Å². The first-order valence-electron chi connectivity index (χ1n) is 6.71. The van der Waals surface area contributed by atoms with E-state index in [-0.39, 0.29) is 5.54 Å². The highest BCUT2D eigenvalue weighted by atomic mass is 15.2. The number of benzene rings is 1. The average molecular weight is 232 g/mol. The highest BCUT2D eigenvalue weighted by Gasteiger charge is 2.29. The van der Waals surface area contributed by atoms with Crippen molar-refractivity contribution in [2.24, 2.45) is 5.73 Å². The summed E-state index contributed by atoms with van der Waals surface area (Å²) in [4.78, 5) is 2.57. The van der Waals surface area contributed by atoms with E-state index in [0.717, 1.165) is 26.1 Å². The normalized spacial score (nSPS) is 20.4. The summed E-state index contributed by atoms with van der Waals surface area (Å²) in [6.07, 6.45) is 3.56. The van der Waals surface area contributed by atoms with Gasteiger partial charge < -0.3 is 5.73 Å². The molecule has 0 amide bonds. The first-order chi connectivity index (χ1) is 8.19. The van der Waals surface area contributed by atoms with E-state index >= 15 is 0 Å². The van der Waals surface area contributed by atoms with Gasteiger partial charge in [0.25, 0.3) is 0 Å². The number of aryl methyl sites for hydroxylation is 1. The van der Waals surface area contributed by atoms with Crippen LogP contribution in [0.15, 0.2) is 24.3 Å². The summed E-state index contributed by atoms with van der Waals surface area (Å²) in [6, 6.07) is 8.83. The Balaban J connectivity index is 2.23. The lowest BCUT2D eigenvalue weighted by molar-refractivity contribution is 0.0992. The molecule has 0 aromatic heterocycles. The van der Waals surface area contributed by atoms with Gasteiger partial charge in [-0.3, -0.25) is 4.90 Å². The maximum atomic E-state index is 5.98. The van der Waals surface area contributed by atoms with E-state index in [0.29, 0.717) is 0 Å². The van der Waals surface area contributed by atoms with Crippen molar-refractivity contribution in [3.05, 3.63) is 35.4 Å². The van der Waals surface area contributed by atoms with Crippen molar-refractivity contribution in [2.75, 3.05) is 13.1 Å². The van der Waals surface area contributed by atoms with Crippen LogP contribution in [0.2, 0.25) is 0 Å². The Hall–Kier alpha value is -0.860. The minimum atomic E-state index is 0.150. The predicted molar refractivity (Wildman–Crippen MR) is 72.9 cm³/mol. The number of nitrogens with zero attached hydrogens (tertiary/aromatic N) is 1. The molecule has 0 radical (unpaired) electrons. The third-order valence-electron chi connectivity index (χ3n) is 4.32. The maximum Gasteiger partial charge on any atom is 0.0304 e. The molecule has 1 heterocycles. The Bertz CT molecular complexity index is 369. The lowest BCUT2D eigenvalue weighted by Crippen LogP contribution is -2.50. The largest absolute Gasteiger partial charge is 0.329 e. The summed E-state index contributed by atoms with van der Waals surface area (Å²) >= 11 is 0. The molecule has 1 atom stereocenters. The molecule has 1 aromatic rings. The molecule has 1 aliphatic heterocycles. The summed E-state index contributed by atoms with van der Waals surface area (Å²) in [5.41, 5.74) is 9.13. The molecule has 0 saturated carbocycles. The molecular formula is C15H24N2. The second-order valence-electron chi connectivity index (χ2n) is 5.35. The first-order valence-corrected chi connectivity index (χ1v) is 6.71. The van der Waals surface area contributed by atoms with Crippen molar-refractivity contribution in [1.82, 2.24) is 4.90 Å². The molecule has 2 nitrogen and oxygen atoms in total. The summed E-state index contributed by atoms with van der Waals surface area (Å²) < 4.78 is 0. The minimum Gasteiger partial charge on any atom is -0.329 e. The van der Waals surface area contributed by atoms with E-state index in [1.165, 1.54) is 24.0 Å². The summed E-state index contributed by atoms with van der Waals surface area (Å²) in [6.45, 7) is 7.49. The van der Waals surface area contributed by atoms with E-state index in [2.05, 4.69) is 43.0 Å². The number of fused-ring (bicyclic) bond motifs is 1. The van der Waals surface area contributed by atoms with Crippen molar-refractivity contribution in [2.45, 2.75) is 45.2 Å². The van der Waals surface area contributed by atoms with Gasteiger partial charge in [-0.1, -0.05) is 31.2 Å². The Labute approximate surface area is 105 Å². The zero-order valence-corrected chi connectivity index (χ0v) is 11.1. The standard InChI is InChI=1S/C15H24N2/c1-3-15(2,12-16)17-10-6-9-13-7-4-5-8-14(13)11-17/h4-5,7-8H,3,6,9-12,16H2,1-2H3. The van der Waals surface area contributed by atoms with Crippen LogP contribution in [-0.2, 0) is 13.0 Å². The van der Waals surface area contributed by atoms with Gasteiger partial charge in [0, 0.05) is 18.6 Å². The number of rotatable bonds is 3. The molecule has 2 N–H and O–H groups in total. The van der Waals surface area contributed by atoms with Gasteiger partial charge in [-0.2, -0.15) is 0 Å². The summed E-state index contributed by atoms with van der Waals surface area (Å²) in [7, 11) is 0. The van der Waals surface area contributed by atoms with Crippen molar-refractivity contribution in [1.29, 1.82) is 0 Å². The van der Waals surface area contributed by atoms with Gasteiger partial charge in [0.1, 0.15) is 0 Å². The van der Waals surface area contributed by atoms with Crippen LogP contribution in [-0.4, -0.2) is 23.5 Å². The number of hydrogen-bond donors (Lipinski definition) is 1. The fourth-order valence-corrected chi connectivity index (χ4v) is 2.66. The van der Waals surface area contributed by atoms with Gasteiger partial charge in [-0.05, 0) is 43.9 Å². The molecule has 2 heteroatoms. The summed E-state index contributed by atoms with van der Waals surface area (Å²) in [5, 5.41) is 0. The van der Waals surface area contributed by atoms with E-state index < -0.39 is 0 Å². The second kappa shape index (κ2) is 5.19. The Morgan fingerprint density at radius 1 is 1.29 bits per heavy atom. The Morgan fingerprint density at radius 2 is 2.00 bits per heavy atom. The van der Waals surface area contributed by atoms with Crippen LogP contribution in [0.3, 0.4) is 0 Å². The average Bonchev–Trinajstić information content (AvgIpc) is 2.60. The highest BCUT2D eigenvalue weighted by Crippen LogP contribution is 2.26. The third kappa shape index (κ3) is 2.53. The molecule has 0 spiro atoms. The Morgan fingerprint density at radius 3 is 2.65 bits per heavy atom. The van der Waals surface area contributed by atoms with Crippen molar-refractivity contribution in [3.63, 3.8) is 0 Å². The monoisotopic (exact) mass is 232 g/mol. The molecule has 0 bridgehead atoms. The van der Waals surface area contributed by atoms with Gasteiger partial charge in [0.15, 0.2) is 0 Å². The fraction of sp³-hybridized carbons (Fsp3) is 0.600.